The lowest BCUT2D eigenvalue weighted by Gasteiger charge is -2.21. The number of rotatable bonds is 4. The van der Waals surface area contributed by atoms with E-state index < -0.39 is 5.97 Å². The number of carbonyl (C=O) groups is 2. The Kier molecular flexibility index (Phi) is 4.26. The molecule has 0 bridgehead atoms. The van der Waals surface area contributed by atoms with Crippen LogP contribution in [-0.2, 0) is 4.79 Å². The predicted octanol–water partition coefficient (Wildman–Crippen LogP) is 2.69. The lowest BCUT2D eigenvalue weighted by atomic mass is 10.1. The summed E-state index contributed by atoms with van der Waals surface area (Å²) in [6.45, 7) is 5.80. The van der Waals surface area contributed by atoms with E-state index in [1.165, 1.54) is 0 Å². The first-order valence-corrected chi connectivity index (χ1v) is 5.52. The Morgan fingerprint density at radius 1 is 1.11 bits per heavy atom. The van der Waals surface area contributed by atoms with Crippen LogP contribution in [0.4, 0.5) is 0 Å². The average molecular weight is 248 g/mol. The summed E-state index contributed by atoms with van der Waals surface area (Å²) >= 11 is 0. The fourth-order valence-corrected chi connectivity index (χ4v) is 1.28. The number of allylic oxidation sites excluding steroid dienone is 1. The molecule has 0 saturated heterocycles. The zero-order chi connectivity index (χ0) is 13.8. The number of hydrogen-bond acceptors (Lipinski definition) is 3. The summed E-state index contributed by atoms with van der Waals surface area (Å²) in [6, 6.07) is 6.59. The molecule has 1 rings (SSSR count). The number of carboxylic acids is 1. The molecule has 1 aromatic carbocycles. The highest BCUT2D eigenvalue weighted by atomic mass is 16.5. The molecule has 0 aliphatic carbocycles. The molecule has 1 N–H and O–H groups in total. The van der Waals surface area contributed by atoms with Crippen LogP contribution < -0.4 is 4.74 Å². The third-order valence-corrected chi connectivity index (χ3v) is 1.94. The van der Waals surface area contributed by atoms with Gasteiger partial charge in [0, 0.05) is 11.6 Å². The van der Waals surface area contributed by atoms with Crippen LogP contribution in [0.15, 0.2) is 36.4 Å². The normalized spacial score (nSPS) is 11.5. The molecular weight excluding hydrogens is 232 g/mol. The minimum Gasteiger partial charge on any atom is -0.488 e. The highest BCUT2D eigenvalue weighted by Gasteiger charge is 2.11. The fourth-order valence-electron chi connectivity index (χ4n) is 1.28. The topological polar surface area (TPSA) is 63.6 Å². The van der Waals surface area contributed by atoms with Crippen molar-refractivity contribution >= 4 is 11.8 Å². The minimum atomic E-state index is -1.14. The lowest BCUT2D eigenvalue weighted by molar-refractivity contribution is -0.131. The third-order valence-electron chi connectivity index (χ3n) is 1.94. The molecule has 1 aromatic rings. The largest absolute Gasteiger partial charge is 0.488 e. The summed E-state index contributed by atoms with van der Waals surface area (Å²) in [4.78, 5) is 21.8. The molecule has 0 unspecified atom stereocenters. The van der Waals surface area contributed by atoms with Gasteiger partial charge in [-0.05, 0) is 51.1 Å². The summed E-state index contributed by atoms with van der Waals surface area (Å²) in [6.07, 6.45) is 1.85. The number of aliphatic carboxylic acids is 1. The first-order chi connectivity index (χ1) is 8.28. The van der Waals surface area contributed by atoms with Crippen LogP contribution >= 0.6 is 0 Å². The number of carboxylic acid groups (broad SMARTS) is 1. The molecule has 0 spiro atoms. The van der Waals surface area contributed by atoms with Crippen LogP contribution in [0.5, 0.6) is 5.75 Å². The van der Waals surface area contributed by atoms with Crippen molar-refractivity contribution in [2.24, 2.45) is 0 Å². The van der Waals surface area contributed by atoms with Crippen LogP contribution in [0.3, 0.4) is 0 Å². The number of benzene rings is 1. The van der Waals surface area contributed by atoms with E-state index in [9.17, 15) is 9.59 Å². The first kappa shape index (κ1) is 14.0. The maximum absolute atomic E-state index is 11.6. The van der Waals surface area contributed by atoms with Crippen molar-refractivity contribution in [1.29, 1.82) is 0 Å². The minimum absolute atomic E-state index is 0.297. The second-order valence-corrected chi connectivity index (χ2v) is 4.77. The summed E-state index contributed by atoms with van der Waals surface area (Å²) in [5.41, 5.74) is 0.128. The maximum Gasteiger partial charge on any atom is 0.328 e. The van der Waals surface area contributed by atoms with E-state index in [-0.39, 0.29) is 11.4 Å². The standard InChI is InChI=1S/C14H16O4/c1-14(2,3)18-11-6-4-10(5-7-11)12(15)8-9-13(16)17/h4-9H,1-3H3,(H,16,17). The van der Waals surface area contributed by atoms with E-state index in [4.69, 9.17) is 9.84 Å². The summed E-state index contributed by atoms with van der Waals surface area (Å²) in [5, 5.41) is 8.42. The van der Waals surface area contributed by atoms with E-state index in [1.807, 2.05) is 20.8 Å². The molecule has 96 valence electrons. The lowest BCUT2D eigenvalue weighted by Crippen LogP contribution is -2.22. The Labute approximate surface area is 106 Å². The monoisotopic (exact) mass is 248 g/mol. The maximum atomic E-state index is 11.6. The quantitative estimate of drug-likeness (QED) is 0.657. The molecule has 0 amide bonds. The number of ketones is 1. The Bertz CT molecular complexity index is 464. The van der Waals surface area contributed by atoms with Gasteiger partial charge in [0.15, 0.2) is 5.78 Å². The highest BCUT2D eigenvalue weighted by Crippen LogP contribution is 2.18. The van der Waals surface area contributed by atoms with Gasteiger partial charge in [-0.3, -0.25) is 4.79 Å². The Morgan fingerprint density at radius 2 is 1.67 bits per heavy atom. The second kappa shape index (κ2) is 5.49. The van der Waals surface area contributed by atoms with Crippen molar-refractivity contribution in [2.45, 2.75) is 26.4 Å². The van der Waals surface area contributed by atoms with Crippen molar-refractivity contribution in [3.63, 3.8) is 0 Å². The summed E-state index contributed by atoms with van der Waals surface area (Å²) < 4.78 is 5.61. The van der Waals surface area contributed by atoms with Crippen LogP contribution in [0.1, 0.15) is 31.1 Å². The molecule has 0 fully saturated rings. The fraction of sp³-hybridized carbons (Fsp3) is 0.286. The van der Waals surface area contributed by atoms with Gasteiger partial charge in [-0.15, -0.1) is 0 Å². The molecular formula is C14H16O4. The van der Waals surface area contributed by atoms with Gasteiger partial charge >= 0.3 is 5.97 Å². The van der Waals surface area contributed by atoms with Gasteiger partial charge in [0.2, 0.25) is 0 Å². The Morgan fingerprint density at radius 3 is 2.11 bits per heavy atom. The van der Waals surface area contributed by atoms with Gasteiger partial charge in [-0.25, -0.2) is 4.79 Å². The summed E-state index contributed by atoms with van der Waals surface area (Å²) in [5.74, 6) is -0.822. The molecule has 0 atom stereocenters. The van der Waals surface area contributed by atoms with Crippen LogP contribution in [0, 0.1) is 0 Å². The van der Waals surface area contributed by atoms with Crippen molar-refractivity contribution in [3.8, 4) is 5.75 Å². The van der Waals surface area contributed by atoms with E-state index >= 15 is 0 Å². The number of hydrogen-bond donors (Lipinski definition) is 1. The van der Waals surface area contributed by atoms with Crippen LogP contribution in [0.25, 0.3) is 0 Å². The van der Waals surface area contributed by atoms with Gasteiger partial charge in [-0.2, -0.15) is 0 Å². The van der Waals surface area contributed by atoms with E-state index in [0.29, 0.717) is 11.3 Å². The van der Waals surface area contributed by atoms with E-state index in [2.05, 4.69) is 0 Å². The third kappa shape index (κ3) is 4.82. The van der Waals surface area contributed by atoms with Crippen LogP contribution in [-0.4, -0.2) is 22.5 Å². The van der Waals surface area contributed by atoms with Gasteiger partial charge in [0.1, 0.15) is 11.4 Å². The van der Waals surface area contributed by atoms with Crippen molar-refractivity contribution in [3.05, 3.63) is 42.0 Å². The van der Waals surface area contributed by atoms with Crippen LogP contribution in [0.2, 0.25) is 0 Å². The molecule has 0 saturated carbocycles. The zero-order valence-corrected chi connectivity index (χ0v) is 10.6. The summed E-state index contributed by atoms with van der Waals surface area (Å²) in [7, 11) is 0. The van der Waals surface area contributed by atoms with Gasteiger partial charge in [-0.1, -0.05) is 0 Å². The SMILES string of the molecule is CC(C)(C)Oc1ccc(C(=O)C=CC(=O)O)cc1. The molecule has 0 aromatic heterocycles. The smallest absolute Gasteiger partial charge is 0.328 e. The number of carbonyl (C=O) groups excluding carboxylic acids is 1. The van der Waals surface area contributed by atoms with Crippen molar-refractivity contribution < 1.29 is 19.4 Å². The van der Waals surface area contributed by atoms with E-state index in [0.717, 1.165) is 12.2 Å². The van der Waals surface area contributed by atoms with Crippen molar-refractivity contribution in [1.82, 2.24) is 0 Å². The first-order valence-electron chi connectivity index (χ1n) is 5.52. The zero-order valence-electron chi connectivity index (χ0n) is 10.6. The highest BCUT2D eigenvalue weighted by molar-refractivity contribution is 6.06. The molecule has 0 aliphatic heterocycles. The van der Waals surface area contributed by atoms with Crippen molar-refractivity contribution in [2.75, 3.05) is 0 Å². The number of ether oxygens (including phenoxy) is 1. The average Bonchev–Trinajstić information content (AvgIpc) is 2.24. The predicted molar refractivity (Wildman–Crippen MR) is 67.9 cm³/mol. The molecule has 18 heavy (non-hydrogen) atoms. The molecule has 0 heterocycles. The molecule has 0 radical (unpaired) electrons. The molecule has 0 aliphatic rings. The molecule has 4 heteroatoms. The van der Waals surface area contributed by atoms with Gasteiger partial charge in [0.05, 0.1) is 0 Å². The van der Waals surface area contributed by atoms with Gasteiger partial charge in [0.25, 0.3) is 0 Å². The Hall–Kier alpha value is -2.10. The Balaban J connectivity index is 2.77. The second-order valence-electron chi connectivity index (χ2n) is 4.77. The molecule has 4 nitrogen and oxygen atoms in total. The van der Waals surface area contributed by atoms with Gasteiger partial charge < -0.3 is 9.84 Å². The van der Waals surface area contributed by atoms with E-state index in [1.54, 1.807) is 24.3 Å².